The van der Waals surface area contributed by atoms with Crippen LogP contribution < -0.4 is 0 Å². The van der Waals surface area contributed by atoms with Crippen molar-refractivity contribution >= 4 is 11.3 Å². The fourth-order valence-corrected chi connectivity index (χ4v) is 3.01. The van der Waals surface area contributed by atoms with Crippen LogP contribution in [0.3, 0.4) is 0 Å². The summed E-state index contributed by atoms with van der Waals surface area (Å²) in [4.78, 5) is 8.83. The van der Waals surface area contributed by atoms with Crippen LogP contribution >= 0.6 is 11.3 Å². The lowest BCUT2D eigenvalue weighted by molar-refractivity contribution is 0.587. The van der Waals surface area contributed by atoms with E-state index < -0.39 is 0 Å². The summed E-state index contributed by atoms with van der Waals surface area (Å²) in [5, 5.41) is 3.11. The van der Waals surface area contributed by atoms with E-state index in [0.717, 1.165) is 11.4 Å². The minimum Gasteiger partial charge on any atom is -0.261 e. The highest BCUT2D eigenvalue weighted by atomic mass is 32.1. The summed E-state index contributed by atoms with van der Waals surface area (Å²) in [6.07, 6.45) is 14.3. The van der Waals surface area contributed by atoms with Gasteiger partial charge in [-0.3, -0.25) is 4.98 Å². The van der Waals surface area contributed by atoms with E-state index in [-0.39, 0.29) is 0 Å². The average Bonchev–Trinajstić information content (AvgIpc) is 3.01. The van der Waals surface area contributed by atoms with E-state index in [4.69, 9.17) is 0 Å². The molecule has 0 radical (unpaired) electrons. The van der Waals surface area contributed by atoms with Gasteiger partial charge in [0.1, 0.15) is 5.01 Å². The zero-order valence-corrected chi connectivity index (χ0v) is 13.2. The van der Waals surface area contributed by atoms with Crippen molar-refractivity contribution in [1.29, 1.82) is 0 Å². The maximum absolute atomic E-state index is 4.47. The largest absolute Gasteiger partial charge is 0.261 e. The summed E-state index contributed by atoms with van der Waals surface area (Å²) in [5.74, 6) is 0. The molecule has 0 fully saturated rings. The Hall–Kier alpha value is -1.22. The van der Waals surface area contributed by atoms with E-state index in [9.17, 15) is 0 Å². The Balaban J connectivity index is 1.72. The maximum Gasteiger partial charge on any atom is 0.123 e. The molecule has 108 valence electrons. The molecule has 0 unspecified atom stereocenters. The van der Waals surface area contributed by atoms with Gasteiger partial charge in [-0.1, -0.05) is 45.4 Å². The van der Waals surface area contributed by atoms with Gasteiger partial charge in [0.05, 0.1) is 0 Å². The van der Waals surface area contributed by atoms with Crippen molar-refractivity contribution in [2.75, 3.05) is 0 Å². The lowest BCUT2D eigenvalue weighted by Gasteiger charge is -2.03. The third kappa shape index (κ3) is 5.04. The predicted molar refractivity (Wildman–Crippen MR) is 87.0 cm³/mol. The number of hydrogen-bond donors (Lipinski definition) is 0. The van der Waals surface area contributed by atoms with Crippen LogP contribution in [0, 0.1) is 0 Å². The number of unbranched alkanes of at least 4 members (excludes halogenated alkanes) is 6. The van der Waals surface area contributed by atoms with Gasteiger partial charge in [0.25, 0.3) is 0 Å². The van der Waals surface area contributed by atoms with Crippen molar-refractivity contribution in [3.05, 3.63) is 35.6 Å². The lowest BCUT2D eigenvalue weighted by Crippen LogP contribution is -1.91. The third-order valence-corrected chi connectivity index (χ3v) is 4.35. The molecule has 2 heterocycles. The molecule has 0 amide bonds. The van der Waals surface area contributed by atoms with Crippen molar-refractivity contribution in [3.8, 4) is 10.6 Å². The summed E-state index contributed by atoms with van der Waals surface area (Å²) >= 11 is 1.69. The van der Waals surface area contributed by atoms with Crippen LogP contribution in [0.4, 0.5) is 0 Å². The highest BCUT2D eigenvalue weighted by molar-refractivity contribution is 7.13. The van der Waals surface area contributed by atoms with Gasteiger partial charge in [-0.25, -0.2) is 4.98 Å². The normalized spacial score (nSPS) is 10.8. The number of nitrogens with zero attached hydrogens (tertiary/aromatic N) is 2. The minimum absolute atomic E-state index is 1.09. The van der Waals surface area contributed by atoms with E-state index in [2.05, 4.69) is 23.0 Å². The Kier molecular flexibility index (Phi) is 6.72. The molecule has 0 aliphatic heterocycles. The first-order chi connectivity index (χ1) is 9.90. The molecule has 2 nitrogen and oxygen atoms in total. The second-order valence-electron chi connectivity index (χ2n) is 5.24. The standard InChI is InChI=1S/C17H24N2S/c1-2-3-4-5-6-7-8-9-16-14-15(10-11-18-16)17-19-12-13-20-17/h10-14H,2-9H2,1H3. The van der Waals surface area contributed by atoms with Crippen LogP contribution in [0.1, 0.15) is 57.6 Å². The monoisotopic (exact) mass is 288 g/mol. The highest BCUT2D eigenvalue weighted by Crippen LogP contribution is 2.22. The molecule has 20 heavy (non-hydrogen) atoms. The van der Waals surface area contributed by atoms with Crippen molar-refractivity contribution in [1.82, 2.24) is 9.97 Å². The van der Waals surface area contributed by atoms with Crippen LogP contribution in [-0.4, -0.2) is 9.97 Å². The van der Waals surface area contributed by atoms with E-state index in [1.807, 2.05) is 23.8 Å². The summed E-state index contributed by atoms with van der Waals surface area (Å²) in [5.41, 5.74) is 2.40. The zero-order chi connectivity index (χ0) is 14.0. The summed E-state index contributed by atoms with van der Waals surface area (Å²) in [7, 11) is 0. The van der Waals surface area contributed by atoms with Crippen molar-refractivity contribution < 1.29 is 0 Å². The second-order valence-corrected chi connectivity index (χ2v) is 6.14. The molecule has 0 spiro atoms. The number of pyridine rings is 1. The molecular formula is C17H24N2S. The predicted octanol–water partition coefficient (Wildman–Crippen LogP) is 5.50. The van der Waals surface area contributed by atoms with Crippen molar-refractivity contribution in [2.45, 2.75) is 58.3 Å². The molecule has 2 aromatic rings. The number of thiazole rings is 1. The fraction of sp³-hybridized carbons (Fsp3) is 0.529. The molecular weight excluding hydrogens is 264 g/mol. The fourth-order valence-electron chi connectivity index (χ4n) is 2.38. The zero-order valence-electron chi connectivity index (χ0n) is 12.3. The lowest BCUT2D eigenvalue weighted by atomic mass is 10.1. The van der Waals surface area contributed by atoms with Gasteiger partial charge in [0.15, 0.2) is 0 Å². The molecule has 2 rings (SSSR count). The molecule has 2 aromatic heterocycles. The van der Waals surface area contributed by atoms with Gasteiger partial charge < -0.3 is 0 Å². The number of hydrogen-bond acceptors (Lipinski definition) is 3. The molecule has 3 heteroatoms. The van der Waals surface area contributed by atoms with Crippen LogP contribution in [0.5, 0.6) is 0 Å². The Labute approximate surface area is 126 Å². The van der Waals surface area contributed by atoms with E-state index in [1.165, 1.54) is 56.2 Å². The van der Waals surface area contributed by atoms with Gasteiger partial charge in [0.2, 0.25) is 0 Å². The van der Waals surface area contributed by atoms with Gasteiger partial charge in [0, 0.05) is 29.0 Å². The topological polar surface area (TPSA) is 25.8 Å². The van der Waals surface area contributed by atoms with E-state index in [0.29, 0.717) is 0 Å². The number of rotatable bonds is 9. The molecule has 0 atom stereocenters. The van der Waals surface area contributed by atoms with E-state index in [1.54, 1.807) is 11.3 Å². The Bertz CT molecular complexity index is 479. The van der Waals surface area contributed by atoms with Gasteiger partial charge in [-0.05, 0) is 25.0 Å². The first-order valence-corrected chi connectivity index (χ1v) is 8.63. The van der Waals surface area contributed by atoms with Gasteiger partial charge in [-0.2, -0.15) is 0 Å². The van der Waals surface area contributed by atoms with Crippen LogP contribution in [0.15, 0.2) is 29.9 Å². The maximum atomic E-state index is 4.47. The first-order valence-electron chi connectivity index (χ1n) is 7.75. The smallest absolute Gasteiger partial charge is 0.123 e. The highest BCUT2D eigenvalue weighted by Gasteiger charge is 2.02. The summed E-state index contributed by atoms with van der Waals surface area (Å²) in [6.45, 7) is 2.26. The molecule has 0 saturated heterocycles. The second kappa shape index (κ2) is 8.85. The first kappa shape index (κ1) is 15.2. The molecule has 0 bridgehead atoms. The SMILES string of the molecule is CCCCCCCCCc1cc(-c2nccs2)ccn1. The Morgan fingerprint density at radius 1 is 0.950 bits per heavy atom. The molecule has 0 N–H and O–H groups in total. The van der Waals surface area contributed by atoms with Crippen LogP contribution in [0.2, 0.25) is 0 Å². The Morgan fingerprint density at radius 2 is 1.75 bits per heavy atom. The molecule has 0 aliphatic carbocycles. The van der Waals surface area contributed by atoms with Crippen molar-refractivity contribution in [3.63, 3.8) is 0 Å². The minimum atomic E-state index is 1.09. The van der Waals surface area contributed by atoms with Crippen molar-refractivity contribution in [2.24, 2.45) is 0 Å². The van der Waals surface area contributed by atoms with Crippen LogP contribution in [0.25, 0.3) is 10.6 Å². The van der Waals surface area contributed by atoms with E-state index >= 15 is 0 Å². The summed E-state index contributed by atoms with van der Waals surface area (Å²) in [6, 6.07) is 4.24. The van der Waals surface area contributed by atoms with Gasteiger partial charge >= 0.3 is 0 Å². The third-order valence-electron chi connectivity index (χ3n) is 3.53. The average molecular weight is 288 g/mol. The number of aromatic nitrogens is 2. The molecule has 0 aromatic carbocycles. The van der Waals surface area contributed by atoms with Gasteiger partial charge in [-0.15, -0.1) is 11.3 Å². The Morgan fingerprint density at radius 3 is 2.50 bits per heavy atom. The quantitative estimate of drug-likeness (QED) is 0.569. The van der Waals surface area contributed by atoms with Crippen LogP contribution in [-0.2, 0) is 6.42 Å². The molecule has 0 saturated carbocycles. The molecule has 0 aliphatic rings. The number of aryl methyl sites for hydroxylation is 1. The summed E-state index contributed by atoms with van der Waals surface area (Å²) < 4.78 is 0.